The van der Waals surface area contributed by atoms with Crippen molar-refractivity contribution in [3.05, 3.63) is 53.6 Å². The molecule has 8 heteroatoms. The lowest BCUT2D eigenvalue weighted by Crippen LogP contribution is -2.28. The van der Waals surface area contributed by atoms with E-state index in [1.165, 1.54) is 0 Å². The third-order valence-corrected chi connectivity index (χ3v) is 4.13. The van der Waals surface area contributed by atoms with Crippen molar-refractivity contribution in [2.24, 2.45) is 0 Å². The van der Waals surface area contributed by atoms with Gasteiger partial charge in [-0.15, -0.1) is 0 Å². The van der Waals surface area contributed by atoms with Crippen LogP contribution in [0.4, 0.5) is 0 Å². The largest absolute Gasteiger partial charge is 0.387 e. The maximum Gasteiger partial charge on any atom is 0.243 e. The van der Waals surface area contributed by atoms with Crippen LogP contribution >= 0.6 is 11.6 Å². The van der Waals surface area contributed by atoms with E-state index in [1.807, 2.05) is 6.07 Å². The number of hydrogen-bond donors (Lipinski definition) is 2. The summed E-state index contributed by atoms with van der Waals surface area (Å²) in [6.07, 6.45) is 1.28. The highest BCUT2D eigenvalue weighted by atomic mass is 35.5. The molecule has 1 aromatic carbocycles. The molecule has 1 unspecified atom stereocenters. The molecule has 0 spiro atoms. The minimum absolute atomic E-state index is 0.0340. The zero-order valence-corrected chi connectivity index (χ0v) is 11.8. The Morgan fingerprint density at radius 2 is 1.80 bits per heavy atom. The van der Waals surface area contributed by atoms with E-state index in [-0.39, 0.29) is 16.7 Å². The number of aromatic nitrogens is 2. The van der Waals surface area contributed by atoms with Gasteiger partial charge in [-0.2, -0.15) is 0 Å². The molecule has 0 aliphatic rings. The first-order valence-electron chi connectivity index (χ1n) is 5.69. The number of rotatable bonds is 5. The molecular weight excluding hydrogens is 302 g/mol. The van der Waals surface area contributed by atoms with Gasteiger partial charge in [0.2, 0.25) is 15.3 Å². The van der Waals surface area contributed by atoms with E-state index in [0.29, 0.717) is 5.56 Å². The fraction of sp³-hybridized carbons (Fsp3) is 0.167. The van der Waals surface area contributed by atoms with E-state index in [4.69, 9.17) is 11.6 Å². The first-order valence-corrected chi connectivity index (χ1v) is 7.55. The van der Waals surface area contributed by atoms with Crippen molar-refractivity contribution in [3.63, 3.8) is 0 Å². The summed E-state index contributed by atoms with van der Waals surface area (Å²) in [5.41, 5.74) is 0.627. The summed E-state index contributed by atoms with van der Waals surface area (Å²) in [5.74, 6) is 0. The van der Waals surface area contributed by atoms with Gasteiger partial charge in [-0.1, -0.05) is 30.3 Å². The molecule has 0 fully saturated rings. The molecule has 1 aromatic heterocycles. The van der Waals surface area contributed by atoms with E-state index < -0.39 is 16.1 Å². The normalized spacial score (nSPS) is 13.1. The lowest BCUT2D eigenvalue weighted by molar-refractivity contribution is 0.182. The molecule has 2 rings (SSSR count). The van der Waals surface area contributed by atoms with Crippen molar-refractivity contribution in [3.8, 4) is 0 Å². The van der Waals surface area contributed by atoms with Crippen molar-refractivity contribution >= 4 is 21.6 Å². The molecule has 0 aliphatic carbocycles. The number of benzene rings is 1. The molecule has 2 aromatic rings. The Bertz CT molecular complexity index is 662. The van der Waals surface area contributed by atoms with Crippen LogP contribution in [0.25, 0.3) is 0 Å². The predicted molar refractivity (Wildman–Crippen MR) is 73.6 cm³/mol. The van der Waals surface area contributed by atoms with Crippen LogP contribution in [0.15, 0.2) is 47.6 Å². The summed E-state index contributed by atoms with van der Waals surface area (Å²) in [7, 11) is -3.77. The van der Waals surface area contributed by atoms with Gasteiger partial charge in [0, 0.05) is 6.54 Å². The molecule has 0 saturated heterocycles. The molecule has 0 saturated carbocycles. The third-order valence-electron chi connectivity index (χ3n) is 2.56. The SMILES string of the molecule is O=S(=O)(NCC(O)c1ccccc1)c1cnc(Cl)nc1. The summed E-state index contributed by atoms with van der Waals surface area (Å²) >= 11 is 5.49. The highest BCUT2D eigenvalue weighted by Gasteiger charge is 2.17. The number of aliphatic hydroxyl groups excluding tert-OH is 1. The molecule has 0 amide bonds. The highest BCUT2D eigenvalue weighted by molar-refractivity contribution is 7.89. The molecular formula is C12H12ClN3O3S. The molecule has 2 N–H and O–H groups in total. The maximum absolute atomic E-state index is 11.9. The lowest BCUT2D eigenvalue weighted by Gasteiger charge is -2.12. The van der Waals surface area contributed by atoms with Gasteiger partial charge in [-0.3, -0.25) is 0 Å². The fourth-order valence-corrected chi connectivity index (χ4v) is 2.53. The molecule has 20 heavy (non-hydrogen) atoms. The van der Waals surface area contributed by atoms with Crippen LogP contribution in [0.1, 0.15) is 11.7 Å². The van der Waals surface area contributed by atoms with E-state index in [2.05, 4.69) is 14.7 Å². The van der Waals surface area contributed by atoms with E-state index in [0.717, 1.165) is 12.4 Å². The van der Waals surface area contributed by atoms with Crippen molar-refractivity contribution in [1.29, 1.82) is 0 Å². The van der Waals surface area contributed by atoms with E-state index >= 15 is 0 Å². The quantitative estimate of drug-likeness (QED) is 0.808. The van der Waals surface area contributed by atoms with Crippen molar-refractivity contribution in [1.82, 2.24) is 14.7 Å². The minimum atomic E-state index is -3.77. The van der Waals surface area contributed by atoms with Crippen LogP contribution in [0.3, 0.4) is 0 Å². The van der Waals surface area contributed by atoms with Gasteiger partial charge in [-0.05, 0) is 17.2 Å². The van der Waals surface area contributed by atoms with Crippen molar-refractivity contribution in [2.75, 3.05) is 6.54 Å². The van der Waals surface area contributed by atoms with Gasteiger partial charge in [0.25, 0.3) is 0 Å². The molecule has 6 nitrogen and oxygen atoms in total. The van der Waals surface area contributed by atoms with E-state index in [9.17, 15) is 13.5 Å². The average Bonchev–Trinajstić information content (AvgIpc) is 2.46. The number of sulfonamides is 1. The zero-order chi connectivity index (χ0) is 14.6. The third kappa shape index (κ3) is 3.73. The Morgan fingerprint density at radius 1 is 1.20 bits per heavy atom. The molecule has 1 atom stereocenters. The summed E-state index contributed by atoms with van der Waals surface area (Å²) in [5, 5.41) is 9.86. The average molecular weight is 314 g/mol. The van der Waals surface area contributed by atoms with Crippen molar-refractivity contribution < 1.29 is 13.5 Å². The summed E-state index contributed by atoms with van der Waals surface area (Å²) in [6.45, 7) is -0.144. The molecule has 0 aliphatic heterocycles. The van der Waals surface area contributed by atoms with Crippen LogP contribution in [0, 0.1) is 0 Å². The molecule has 1 heterocycles. The maximum atomic E-state index is 11.9. The van der Waals surface area contributed by atoms with Gasteiger partial charge < -0.3 is 5.11 Å². The number of hydrogen-bond acceptors (Lipinski definition) is 5. The van der Waals surface area contributed by atoms with Crippen LogP contribution in [0.2, 0.25) is 5.28 Å². The number of nitrogens with one attached hydrogen (secondary N) is 1. The second-order valence-electron chi connectivity index (χ2n) is 3.97. The van der Waals surface area contributed by atoms with Crippen LogP contribution in [0.5, 0.6) is 0 Å². The van der Waals surface area contributed by atoms with Crippen LogP contribution in [-0.4, -0.2) is 30.0 Å². The zero-order valence-electron chi connectivity index (χ0n) is 10.3. The minimum Gasteiger partial charge on any atom is -0.387 e. The molecule has 0 radical (unpaired) electrons. The fourth-order valence-electron chi connectivity index (χ4n) is 1.50. The van der Waals surface area contributed by atoms with Crippen LogP contribution in [-0.2, 0) is 10.0 Å². The second kappa shape index (κ2) is 6.27. The Hall–Kier alpha value is -1.54. The Kier molecular flexibility index (Phi) is 4.66. The van der Waals surface area contributed by atoms with Gasteiger partial charge in [0.1, 0.15) is 4.90 Å². The second-order valence-corrected chi connectivity index (χ2v) is 6.07. The predicted octanol–water partition coefficient (Wildman–Crippen LogP) is 1.14. The van der Waals surface area contributed by atoms with E-state index in [1.54, 1.807) is 24.3 Å². The van der Waals surface area contributed by atoms with Gasteiger partial charge in [0.15, 0.2) is 0 Å². The number of aliphatic hydroxyl groups is 1. The van der Waals surface area contributed by atoms with Gasteiger partial charge in [-0.25, -0.2) is 23.1 Å². The van der Waals surface area contributed by atoms with Crippen LogP contribution < -0.4 is 4.72 Å². The summed E-state index contributed by atoms with van der Waals surface area (Å²) < 4.78 is 26.2. The first kappa shape index (κ1) is 14.9. The smallest absolute Gasteiger partial charge is 0.243 e. The van der Waals surface area contributed by atoms with Crippen molar-refractivity contribution in [2.45, 2.75) is 11.0 Å². The number of nitrogens with zero attached hydrogens (tertiary/aromatic N) is 2. The summed E-state index contributed by atoms with van der Waals surface area (Å²) in [6, 6.07) is 8.76. The lowest BCUT2D eigenvalue weighted by atomic mass is 10.1. The summed E-state index contributed by atoms with van der Waals surface area (Å²) in [4.78, 5) is 7.10. The highest BCUT2D eigenvalue weighted by Crippen LogP contribution is 2.13. The number of halogens is 1. The Balaban J connectivity index is 2.04. The Morgan fingerprint density at radius 3 is 2.40 bits per heavy atom. The monoisotopic (exact) mass is 313 g/mol. The van der Waals surface area contributed by atoms with Gasteiger partial charge >= 0.3 is 0 Å². The van der Waals surface area contributed by atoms with Gasteiger partial charge in [0.05, 0.1) is 18.5 Å². The molecule has 0 bridgehead atoms. The topological polar surface area (TPSA) is 92.2 Å². The standard InChI is InChI=1S/C12H12ClN3O3S/c13-12-14-6-10(7-15-12)20(18,19)16-8-11(17)9-4-2-1-3-5-9/h1-7,11,16-17H,8H2. The molecule has 106 valence electrons. The Labute approximate surface area is 121 Å². The first-order chi connectivity index (χ1) is 9.49.